The molecule has 4 N–H and O–H groups in total. The van der Waals surface area contributed by atoms with Gasteiger partial charge in [-0.15, -0.1) is 11.3 Å². The number of hydrogen-bond donors (Lipinski definition) is 4. The first-order chi connectivity index (χ1) is 12.0. The number of carbonyl (C=O) groups is 2. The van der Waals surface area contributed by atoms with Crippen LogP contribution in [0.25, 0.3) is 10.4 Å². The number of thiophene rings is 1. The summed E-state index contributed by atoms with van der Waals surface area (Å²) in [4.78, 5) is 25.0. The van der Waals surface area contributed by atoms with Gasteiger partial charge >= 0.3 is 0 Å². The summed E-state index contributed by atoms with van der Waals surface area (Å²) in [7, 11) is 0. The van der Waals surface area contributed by atoms with Crippen LogP contribution in [0.3, 0.4) is 0 Å². The number of amides is 2. The summed E-state index contributed by atoms with van der Waals surface area (Å²) >= 11 is 1.25. The summed E-state index contributed by atoms with van der Waals surface area (Å²) in [6.45, 7) is 3.82. The summed E-state index contributed by atoms with van der Waals surface area (Å²) in [5.74, 6) is -0.649. The number of rotatable bonds is 7. The van der Waals surface area contributed by atoms with E-state index in [0.717, 1.165) is 16.2 Å². The maximum absolute atomic E-state index is 12.3. The van der Waals surface area contributed by atoms with Crippen molar-refractivity contribution in [2.45, 2.75) is 26.0 Å². The van der Waals surface area contributed by atoms with Crippen molar-refractivity contribution in [3.05, 3.63) is 41.3 Å². The van der Waals surface area contributed by atoms with E-state index in [-0.39, 0.29) is 0 Å². The van der Waals surface area contributed by atoms with Crippen molar-refractivity contribution in [3.8, 4) is 16.2 Å². The van der Waals surface area contributed by atoms with Crippen LogP contribution in [-0.4, -0.2) is 40.9 Å². The van der Waals surface area contributed by atoms with Gasteiger partial charge in [-0.1, -0.05) is 12.1 Å². The molecule has 0 spiro atoms. The molecule has 0 aliphatic heterocycles. The standard InChI is InChI=1S/C17H20N2O5S/c1-3-24-12-6-4-5-11(9-12)13-7-8-14(25-13)16(21)18-15(10(2)20)17(22)19-23/h4-10,15,20,23H,3H2,1-2H3,(H,18,21)(H,19,22)/t10-,15+/m1/s1. The fourth-order valence-electron chi connectivity index (χ4n) is 2.21. The second-order valence-electron chi connectivity index (χ2n) is 5.29. The van der Waals surface area contributed by atoms with Crippen LogP contribution in [-0.2, 0) is 4.79 Å². The molecule has 8 heteroatoms. The van der Waals surface area contributed by atoms with Crippen molar-refractivity contribution in [2.24, 2.45) is 0 Å². The van der Waals surface area contributed by atoms with Gasteiger partial charge in [-0.25, -0.2) is 5.48 Å². The van der Waals surface area contributed by atoms with Crippen LogP contribution in [0, 0.1) is 0 Å². The van der Waals surface area contributed by atoms with Crippen LogP contribution in [0.5, 0.6) is 5.75 Å². The van der Waals surface area contributed by atoms with Gasteiger partial charge in [0.25, 0.3) is 11.8 Å². The highest BCUT2D eigenvalue weighted by Gasteiger charge is 2.26. The molecule has 2 atom stereocenters. The molecule has 0 fully saturated rings. The molecule has 0 aliphatic rings. The molecule has 0 aliphatic carbocycles. The van der Waals surface area contributed by atoms with E-state index in [2.05, 4.69) is 5.32 Å². The maximum atomic E-state index is 12.3. The Balaban J connectivity index is 2.16. The second-order valence-corrected chi connectivity index (χ2v) is 6.38. The first kappa shape index (κ1) is 18.9. The number of ether oxygens (including phenoxy) is 1. The van der Waals surface area contributed by atoms with Crippen LogP contribution in [0.2, 0.25) is 0 Å². The summed E-state index contributed by atoms with van der Waals surface area (Å²) in [5, 5.41) is 20.7. The van der Waals surface area contributed by atoms with E-state index in [4.69, 9.17) is 9.94 Å². The van der Waals surface area contributed by atoms with E-state index in [9.17, 15) is 14.7 Å². The van der Waals surface area contributed by atoms with Gasteiger partial charge in [-0.3, -0.25) is 14.8 Å². The maximum Gasteiger partial charge on any atom is 0.268 e. The third-order valence-corrected chi connectivity index (χ3v) is 4.55. The summed E-state index contributed by atoms with van der Waals surface area (Å²) in [6.07, 6.45) is -1.15. The van der Waals surface area contributed by atoms with Crippen molar-refractivity contribution in [1.82, 2.24) is 10.8 Å². The fourth-order valence-corrected chi connectivity index (χ4v) is 3.11. The lowest BCUT2D eigenvalue weighted by Gasteiger charge is -2.18. The normalized spacial score (nSPS) is 13.0. The predicted molar refractivity (Wildman–Crippen MR) is 93.8 cm³/mol. The topological polar surface area (TPSA) is 108 Å². The molecule has 2 amide bonds. The van der Waals surface area contributed by atoms with E-state index in [1.54, 1.807) is 12.1 Å². The minimum Gasteiger partial charge on any atom is -0.494 e. The Morgan fingerprint density at radius 1 is 1.28 bits per heavy atom. The molecule has 2 rings (SSSR count). The molecule has 7 nitrogen and oxygen atoms in total. The lowest BCUT2D eigenvalue weighted by molar-refractivity contribution is -0.133. The van der Waals surface area contributed by atoms with Crippen LogP contribution in [0.15, 0.2) is 36.4 Å². The molecule has 0 saturated heterocycles. The SMILES string of the molecule is CCOc1cccc(-c2ccc(C(=O)N[C@H](C(=O)NO)[C@@H](C)O)s2)c1. The third kappa shape index (κ3) is 4.79. The minimum atomic E-state index is -1.25. The number of carbonyl (C=O) groups excluding carboxylic acids is 2. The zero-order chi connectivity index (χ0) is 18.4. The molecule has 2 aromatic rings. The lowest BCUT2D eigenvalue weighted by atomic mass is 10.1. The van der Waals surface area contributed by atoms with Crippen LogP contribution in [0.4, 0.5) is 0 Å². The van der Waals surface area contributed by atoms with Crippen molar-refractivity contribution >= 4 is 23.2 Å². The first-order valence-electron chi connectivity index (χ1n) is 7.72. The number of hydroxylamine groups is 1. The zero-order valence-electron chi connectivity index (χ0n) is 13.9. The highest BCUT2D eigenvalue weighted by atomic mass is 32.1. The summed E-state index contributed by atoms with van der Waals surface area (Å²) < 4.78 is 5.47. The van der Waals surface area contributed by atoms with Gasteiger partial charge in [0.1, 0.15) is 11.8 Å². The highest BCUT2D eigenvalue weighted by molar-refractivity contribution is 7.17. The van der Waals surface area contributed by atoms with E-state index in [1.807, 2.05) is 31.2 Å². The predicted octanol–water partition coefficient (Wildman–Crippen LogP) is 1.80. The molecule has 1 heterocycles. The van der Waals surface area contributed by atoms with Gasteiger partial charge in [0, 0.05) is 4.88 Å². The quantitative estimate of drug-likeness (QED) is 0.443. The van der Waals surface area contributed by atoms with Crippen molar-refractivity contribution in [2.75, 3.05) is 6.61 Å². The zero-order valence-corrected chi connectivity index (χ0v) is 14.7. The molecular formula is C17H20N2O5S. The van der Waals surface area contributed by atoms with Gasteiger partial charge in [0.15, 0.2) is 0 Å². The molecule has 0 bridgehead atoms. The third-order valence-electron chi connectivity index (χ3n) is 3.42. The van der Waals surface area contributed by atoms with Gasteiger partial charge in [-0.2, -0.15) is 0 Å². The molecule has 1 aromatic carbocycles. The lowest BCUT2D eigenvalue weighted by Crippen LogP contribution is -2.51. The smallest absolute Gasteiger partial charge is 0.268 e. The molecular weight excluding hydrogens is 344 g/mol. The van der Waals surface area contributed by atoms with Crippen LogP contribution < -0.4 is 15.5 Å². The summed E-state index contributed by atoms with van der Waals surface area (Å²) in [5.41, 5.74) is 2.34. The largest absolute Gasteiger partial charge is 0.494 e. The Morgan fingerprint density at radius 2 is 2.04 bits per heavy atom. The number of aliphatic hydroxyl groups excluding tert-OH is 1. The van der Waals surface area contributed by atoms with E-state index >= 15 is 0 Å². The molecule has 0 unspecified atom stereocenters. The molecule has 134 valence electrons. The van der Waals surface area contributed by atoms with Gasteiger partial charge in [-0.05, 0) is 43.7 Å². The second kappa shape index (κ2) is 8.61. The number of nitrogens with one attached hydrogen (secondary N) is 2. The monoisotopic (exact) mass is 364 g/mol. The Labute approximate surface area is 149 Å². The average molecular weight is 364 g/mol. The Morgan fingerprint density at radius 3 is 2.68 bits per heavy atom. The highest BCUT2D eigenvalue weighted by Crippen LogP contribution is 2.30. The van der Waals surface area contributed by atoms with Crippen molar-refractivity contribution < 1.29 is 24.6 Å². The molecule has 0 radical (unpaired) electrons. The Kier molecular flexibility index (Phi) is 6.51. The number of aliphatic hydroxyl groups is 1. The van der Waals surface area contributed by atoms with Crippen molar-refractivity contribution in [3.63, 3.8) is 0 Å². The van der Waals surface area contributed by atoms with Crippen molar-refractivity contribution in [1.29, 1.82) is 0 Å². The summed E-state index contributed by atoms with van der Waals surface area (Å²) in [6, 6.07) is 9.71. The van der Waals surface area contributed by atoms with E-state index in [0.29, 0.717) is 11.5 Å². The van der Waals surface area contributed by atoms with E-state index < -0.39 is 24.0 Å². The van der Waals surface area contributed by atoms with Crippen LogP contribution >= 0.6 is 11.3 Å². The Bertz CT molecular complexity index is 744. The molecule has 25 heavy (non-hydrogen) atoms. The van der Waals surface area contributed by atoms with Gasteiger partial charge in [0.2, 0.25) is 0 Å². The number of hydrogen-bond acceptors (Lipinski definition) is 6. The van der Waals surface area contributed by atoms with Gasteiger partial charge in [0.05, 0.1) is 17.6 Å². The first-order valence-corrected chi connectivity index (χ1v) is 8.53. The molecule has 0 saturated carbocycles. The fraction of sp³-hybridized carbons (Fsp3) is 0.294. The minimum absolute atomic E-state index is 0.383. The van der Waals surface area contributed by atoms with Gasteiger partial charge < -0.3 is 15.2 Å². The van der Waals surface area contributed by atoms with E-state index in [1.165, 1.54) is 23.7 Å². The van der Waals surface area contributed by atoms with Crippen LogP contribution in [0.1, 0.15) is 23.5 Å². The number of benzene rings is 1. The Hall–Kier alpha value is -2.42. The average Bonchev–Trinajstić information content (AvgIpc) is 3.09. The molecule has 1 aromatic heterocycles.